The van der Waals surface area contributed by atoms with E-state index in [2.05, 4.69) is 43.0 Å². The van der Waals surface area contributed by atoms with E-state index in [1.54, 1.807) is 18.8 Å². The average molecular weight is 341 g/mol. The molecule has 0 spiro atoms. The molecule has 26 heavy (non-hydrogen) atoms. The molecule has 2 aliphatic rings. The molecule has 0 unspecified atom stereocenters. The second-order valence-electron chi connectivity index (χ2n) is 7.54. The Labute approximate surface area is 151 Å². The number of benzene rings is 1. The van der Waals surface area contributed by atoms with Crippen LogP contribution in [0.15, 0.2) is 74.9 Å². The zero-order valence-corrected chi connectivity index (χ0v) is 14.5. The van der Waals surface area contributed by atoms with E-state index < -0.39 is 0 Å². The summed E-state index contributed by atoms with van der Waals surface area (Å²) >= 11 is 0. The largest absolute Gasteiger partial charge is 0.471 e. The van der Waals surface area contributed by atoms with Crippen molar-refractivity contribution in [2.24, 2.45) is 0 Å². The van der Waals surface area contributed by atoms with Crippen LogP contribution in [-0.4, -0.2) is 6.71 Å². The second kappa shape index (κ2) is 4.55. The van der Waals surface area contributed by atoms with E-state index in [1.807, 2.05) is 18.6 Å². The quantitative estimate of drug-likeness (QED) is 0.438. The highest BCUT2D eigenvalue weighted by Gasteiger charge is 2.49. The maximum Gasteiger partial charge on any atom is 0.255 e. The molecule has 0 amide bonds. The number of hydrogen-bond donors (Lipinski definition) is 0. The number of hydrogen-bond acceptors (Lipinski definition) is 4. The lowest BCUT2D eigenvalue weighted by Crippen LogP contribution is -2.62. The minimum Gasteiger partial charge on any atom is -0.471 e. The first kappa shape index (κ1) is 14.1. The SMILES string of the molecule is CC1(C)c2ccccc2B2c3cocc3N(c3ccoc3)c3coc1c32. The Hall–Kier alpha value is -3.08. The number of anilines is 3. The van der Waals surface area contributed by atoms with Gasteiger partial charge >= 0.3 is 0 Å². The van der Waals surface area contributed by atoms with E-state index in [0.717, 1.165) is 28.3 Å². The van der Waals surface area contributed by atoms with Crippen molar-refractivity contribution in [2.75, 3.05) is 4.90 Å². The van der Waals surface area contributed by atoms with E-state index in [0.29, 0.717) is 0 Å². The molecule has 6 rings (SSSR count). The molecule has 0 bridgehead atoms. The molecule has 126 valence electrons. The van der Waals surface area contributed by atoms with Gasteiger partial charge < -0.3 is 18.2 Å². The Balaban J connectivity index is 1.72. The van der Waals surface area contributed by atoms with Crippen molar-refractivity contribution in [3.63, 3.8) is 0 Å². The van der Waals surface area contributed by atoms with Gasteiger partial charge in [-0.2, -0.15) is 0 Å². The van der Waals surface area contributed by atoms with E-state index >= 15 is 0 Å². The lowest BCUT2D eigenvalue weighted by molar-refractivity contribution is 0.433. The summed E-state index contributed by atoms with van der Waals surface area (Å²) in [5, 5.41) is 0. The van der Waals surface area contributed by atoms with Gasteiger partial charge in [-0.15, -0.1) is 0 Å². The summed E-state index contributed by atoms with van der Waals surface area (Å²) in [6.45, 7) is 4.59. The Morgan fingerprint density at radius 3 is 2.62 bits per heavy atom. The second-order valence-corrected chi connectivity index (χ2v) is 7.54. The maximum atomic E-state index is 6.19. The van der Waals surface area contributed by atoms with Crippen LogP contribution in [0.1, 0.15) is 25.2 Å². The minimum absolute atomic E-state index is 0.125. The molecule has 2 aliphatic heterocycles. The molecule has 0 saturated heterocycles. The molecular formula is C21H16BNO3. The van der Waals surface area contributed by atoms with E-state index in [1.165, 1.54) is 16.5 Å². The molecule has 0 saturated carbocycles. The zero-order valence-electron chi connectivity index (χ0n) is 14.5. The zero-order chi connectivity index (χ0) is 17.5. The van der Waals surface area contributed by atoms with Gasteiger partial charge in [0.15, 0.2) is 0 Å². The van der Waals surface area contributed by atoms with E-state index in [4.69, 9.17) is 13.3 Å². The summed E-state index contributed by atoms with van der Waals surface area (Å²) in [7, 11) is 0. The third-order valence-electron chi connectivity index (χ3n) is 5.84. The molecule has 4 aromatic rings. The monoisotopic (exact) mass is 341 g/mol. The standard InChI is InChI=1S/C21H16BNO3/c1-21(2)14-5-3-4-6-15(14)22-16-10-25-11-17(16)23(13-7-8-24-9-13)18-12-26-20(21)19(18)22/h3-12H,1-2H3. The predicted octanol–water partition coefficient (Wildman–Crippen LogP) is 3.40. The van der Waals surface area contributed by atoms with Crippen molar-refractivity contribution in [2.45, 2.75) is 19.3 Å². The molecule has 0 radical (unpaired) electrons. The van der Waals surface area contributed by atoms with Gasteiger partial charge in [0, 0.05) is 11.5 Å². The Bertz CT molecular complexity index is 1140. The van der Waals surface area contributed by atoms with Crippen LogP contribution in [-0.2, 0) is 5.41 Å². The molecule has 4 nitrogen and oxygen atoms in total. The van der Waals surface area contributed by atoms with Gasteiger partial charge in [-0.05, 0) is 30.3 Å². The molecule has 5 heteroatoms. The summed E-state index contributed by atoms with van der Waals surface area (Å²) in [6, 6.07) is 10.6. The fourth-order valence-electron chi connectivity index (χ4n) is 4.70. The summed E-state index contributed by atoms with van der Waals surface area (Å²) in [4.78, 5) is 2.16. The first-order valence-electron chi connectivity index (χ1n) is 8.77. The maximum absolute atomic E-state index is 6.19. The van der Waals surface area contributed by atoms with Crippen molar-refractivity contribution in [1.82, 2.24) is 0 Å². The van der Waals surface area contributed by atoms with Crippen LogP contribution in [0.5, 0.6) is 0 Å². The highest BCUT2D eigenvalue weighted by Crippen LogP contribution is 2.43. The third kappa shape index (κ3) is 1.52. The van der Waals surface area contributed by atoms with Crippen LogP contribution < -0.4 is 21.3 Å². The fraction of sp³-hybridized carbons (Fsp3) is 0.143. The van der Waals surface area contributed by atoms with Crippen molar-refractivity contribution < 1.29 is 13.3 Å². The van der Waals surface area contributed by atoms with Crippen LogP contribution in [0.2, 0.25) is 0 Å². The normalized spacial score (nSPS) is 16.2. The van der Waals surface area contributed by atoms with Gasteiger partial charge in [-0.25, -0.2) is 0 Å². The van der Waals surface area contributed by atoms with Crippen LogP contribution in [0.4, 0.5) is 17.1 Å². The van der Waals surface area contributed by atoms with Gasteiger partial charge in [0.1, 0.15) is 24.5 Å². The molecule has 0 N–H and O–H groups in total. The summed E-state index contributed by atoms with van der Waals surface area (Å²) in [5.74, 6) is 1.02. The smallest absolute Gasteiger partial charge is 0.255 e. The summed E-state index contributed by atoms with van der Waals surface area (Å²) in [6.07, 6.45) is 8.97. The topological polar surface area (TPSA) is 42.7 Å². The van der Waals surface area contributed by atoms with Gasteiger partial charge in [0.25, 0.3) is 6.71 Å². The van der Waals surface area contributed by atoms with Crippen molar-refractivity contribution >= 4 is 40.2 Å². The Morgan fingerprint density at radius 2 is 1.77 bits per heavy atom. The van der Waals surface area contributed by atoms with Crippen LogP contribution >= 0.6 is 0 Å². The van der Waals surface area contributed by atoms with Gasteiger partial charge in [0.2, 0.25) is 0 Å². The minimum atomic E-state index is -0.190. The molecule has 0 atom stereocenters. The third-order valence-corrected chi connectivity index (χ3v) is 5.84. The molecule has 0 fully saturated rings. The number of rotatable bonds is 1. The van der Waals surface area contributed by atoms with Crippen LogP contribution in [0.3, 0.4) is 0 Å². The first-order valence-corrected chi connectivity index (χ1v) is 8.77. The average Bonchev–Trinajstić information content (AvgIpc) is 3.39. The fourth-order valence-corrected chi connectivity index (χ4v) is 4.70. The van der Waals surface area contributed by atoms with Crippen LogP contribution in [0, 0.1) is 0 Å². The highest BCUT2D eigenvalue weighted by atomic mass is 16.3. The molecule has 0 aliphatic carbocycles. The molecular weight excluding hydrogens is 325 g/mol. The lowest BCUT2D eigenvalue weighted by atomic mass is 9.31. The lowest BCUT2D eigenvalue weighted by Gasteiger charge is -2.39. The first-order chi connectivity index (χ1) is 12.7. The number of furan rings is 3. The van der Waals surface area contributed by atoms with E-state index in [-0.39, 0.29) is 12.1 Å². The van der Waals surface area contributed by atoms with Gasteiger partial charge in [-0.1, -0.05) is 29.7 Å². The van der Waals surface area contributed by atoms with Crippen LogP contribution in [0.25, 0.3) is 0 Å². The van der Waals surface area contributed by atoms with Crippen molar-refractivity contribution in [1.29, 1.82) is 0 Å². The van der Waals surface area contributed by atoms with E-state index in [9.17, 15) is 0 Å². The summed E-state index contributed by atoms with van der Waals surface area (Å²) in [5.41, 5.74) is 7.88. The van der Waals surface area contributed by atoms with Crippen molar-refractivity contribution in [3.05, 3.63) is 73.0 Å². The van der Waals surface area contributed by atoms with Gasteiger partial charge in [-0.3, -0.25) is 0 Å². The molecule has 3 aromatic heterocycles. The number of fused-ring (bicyclic) bond motifs is 4. The Morgan fingerprint density at radius 1 is 0.885 bits per heavy atom. The Kier molecular flexibility index (Phi) is 2.47. The highest BCUT2D eigenvalue weighted by molar-refractivity contribution is 6.98. The number of nitrogens with zero attached hydrogens (tertiary/aromatic N) is 1. The summed E-state index contributed by atoms with van der Waals surface area (Å²) < 4.78 is 17.2. The predicted molar refractivity (Wildman–Crippen MR) is 101 cm³/mol. The molecule has 1 aromatic carbocycles. The van der Waals surface area contributed by atoms with Crippen molar-refractivity contribution in [3.8, 4) is 0 Å². The van der Waals surface area contributed by atoms with Gasteiger partial charge in [0.05, 0.1) is 29.6 Å². The molecule has 5 heterocycles.